The second kappa shape index (κ2) is 4.77. The standard InChI is InChI=1S/C12H21N5/c1-4-6-8-17-11-10(14-12(17)13)9(7-5-2)15-16(11)3/h4-8H2,1-3H3,(H2,13,14). The fraction of sp³-hybridized carbons (Fsp3) is 0.667. The molecule has 0 unspecified atom stereocenters. The molecule has 0 spiro atoms. The molecular weight excluding hydrogens is 214 g/mol. The third-order valence-electron chi connectivity index (χ3n) is 3.04. The highest BCUT2D eigenvalue weighted by Crippen LogP contribution is 2.22. The lowest BCUT2D eigenvalue weighted by Crippen LogP contribution is -2.07. The van der Waals surface area contributed by atoms with Gasteiger partial charge < -0.3 is 5.73 Å². The molecule has 0 aromatic carbocycles. The first-order valence-electron chi connectivity index (χ1n) is 6.36. The number of hydrogen-bond donors (Lipinski definition) is 1. The molecular formula is C12H21N5. The van der Waals surface area contributed by atoms with Gasteiger partial charge in [-0.25, -0.2) is 4.98 Å². The summed E-state index contributed by atoms with van der Waals surface area (Å²) in [6.07, 6.45) is 4.30. The molecule has 0 fully saturated rings. The van der Waals surface area contributed by atoms with Crippen LogP contribution in [0.4, 0.5) is 5.95 Å². The number of nitrogens with two attached hydrogens (primary N) is 1. The minimum Gasteiger partial charge on any atom is -0.369 e. The summed E-state index contributed by atoms with van der Waals surface area (Å²) < 4.78 is 3.98. The van der Waals surface area contributed by atoms with Crippen LogP contribution >= 0.6 is 0 Å². The molecule has 2 aromatic rings. The van der Waals surface area contributed by atoms with Gasteiger partial charge in [-0.2, -0.15) is 5.10 Å². The van der Waals surface area contributed by atoms with Crippen molar-refractivity contribution in [3.8, 4) is 0 Å². The van der Waals surface area contributed by atoms with Crippen LogP contribution in [0, 0.1) is 0 Å². The molecule has 2 N–H and O–H groups in total. The highest BCUT2D eigenvalue weighted by atomic mass is 15.3. The van der Waals surface area contributed by atoms with Crippen LogP contribution in [-0.4, -0.2) is 19.3 Å². The summed E-state index contributed by atoms with van der Waals surface area (Å²) in [5.74, 6) is 0.610. The maximum absolute atomic E-state index is 5.98. The maximum Gasteiger partial charge on any atom is 0.202 e. The Kier molecular flexibility index (Phi) is 3.36. The Balaban J connectivity index is 2.49. The van der Waals surface area contributed by atoms with Crippen LogP contribution in [0.2, 0.25) is 0 Å². The lowest BCUT2D eigenvalue weighted by Gasteiger charge is -2.05. The van der Waals surface area contributed by atoms with E-state index >= 15 is 0 Å². The van der Waals surface area contributed by atoms with Crippen LogP contribution in [0.5, 0.6) is 0 Å². The predicted molar refractivity (Wildman–Crippen MR) is 69.8 cm³/mol. The Morgan fingerprint density at radius 2 is 2.00 bits per heavy atom. The number of anilines is 1. The Morgan fingerprint density at radius 1 is 1.24 bits per heavy atom. The molecule has 5 heteroatoms. The van der Waals surface area contributed by atoms with Gasteiger partial charge in [0.2, 0.25) is 5.95 Å². The van der Waals surface area contributed by atoms with E-state index < -0.39 is 0 Å². The van der Waals surface area contributed by atoms with E-state index in [1.807, 2.05) is 11.7 Å². The minimum atomic E-state index is 0.610. The lowest BCUT2D eigenvalue weighted by atomic mass is 10.2. The zero-order valence-corrected chi connectivity index (χ0v) is 10.9. The topological polar surface area (TPSA) is 61.7 Å². The van der Waals surface area contributed by atoms with E-state index in [2.05, 4.69) is 28.5 Å². The molecule has 2 aromatic heterocycles. The number of fused-ring (bicyclic) bond motifs is 1. The molecule has 2 rings (SSSR count). The van der Waals surface area contributed by atoms with E-state index in [0.717, 1.165) is 49.1 Å². The van der Waals surface area contributed by atoms with Crippen molar-refractivity contribution >= 4 is 17.1 Å². The summed E-state index contributed by atoms with van der Waals surface area (Å²) >= 11 is 0. The molecule has 0 aliphatic carbocycles. The minimum absolute atomic E-state index is 0.610. The Bertz CT molecular complexity index is 508. The first-order valence-corrected chi connectivity index (χ1v) is 6.36. The van der Waals surface area contributed by atoms with Crippen molar-refractivity contribution in [2.75, 3.05) is 5.73 Å². The fourth-order valence-corrected chi connectivity index (χ4v) is 2.20. The normalized spacial score (nSPS) is 11.5. The van der Waals surface area contributed by atoms with Crippen molar-refractivity contribution in [3.63, 3.8) is 0 Å². The number of aryl methyl sites for hydroxylation is 3. The van der Waals surface area contributed by atoms with E-state index in [4.69, 9.17) is 5.73 Å². The third-order valence-corrected chi connectivity index (χ3v) is 3.04. The molecule has 0 radical (unpaired) electrons. The van der Waals surface area contributed by atoms with Crippen molar-refractivity contribution in [2.45, 2.75) is 46.1 Å². The van der Waals surface area contributed by atoms with Gasteiger partial charge in [-0.05, 0) is 12.8 Å². The van der Waals surface area contributed by atoms with Crippen molar-refractivity contribution in [1.29, 1.82) is 0 Å². The maximum atomic E-state index is 5.98. The molecule has 0 aliphatic rings. The van der Waals surface area contributed by atoms with Gasteiger partial charge in [-0.1, -0.05) is 26.7 Å². The van der Waals surface area contributed by atoms with Crippen LogP contribution in [0.3, 0.4) is 0 Å². The number of hydrogen-bond acceptors (Lipinski definition) is 3. The summed E-state index contributed by atoms with van der Waals surface area (Å²) in [7, 11) is 1.96. The van der Waals surface area contributed by atoms with E-state index in [0.29, 0.717) is 5.95 Å². The van der Waals surface area contributed by atoms with Crippen LogP contribution in [0.25, 0.3) is 11.2 Å². The molecule has 17 heavy (non-hydrogen) atoms. The summed E-state index contributed by atoms with van der Waals surface area (Å²) in [6, 6.07) is 0. The van der Waals surface area contributed by atoms with Crippen LogP contribution in [0.15, 0.2) is 0 Å². The average molecular weight is 235 g/mol. The zero-order valence-electron chi connectivity index (χ0n) is 10.9. The van der Waals surface area contributed by atoms with E-state index in [1.54, 1.807) is 0 Å². The van der Waals surface area contributed by atoms with Crippen molar-refractivity contribution in [3.05, 3.63) is 5.69 Å². The second-order valence-electron chi connectivity index (χ2n) is 4.47. The third kappa shape index (κ3) is 2.01. The quantitative estimate of drug-likeness (QED) is 0.863. The smallest absolute Gasteiger partial charge is 0.202 e. The lowest BCUT2D eigenvalue weighted by molar-refractivity contribution is 0.629. The molecule has 0 saturated heterocycles. The van der Waals surface area contributed by atoms with Gasteiger partial charge in [0.15, 0.2) is 5.65 Å². The molecule has 2 heterocycles. The Hall–Kier alpha value is -1.52. The first kappa shape index (κ1) is 12.0. The van der Waals surface area contributed by atoms with Crippen molar-refractivity contribution < 1.29 is 0 Å². The fourth-order valence-electron chi connectivity index (χ4n) is 2.20. The number of nitrogens with zero attached hydrogens (tertiary/aromatic N) is 4. The van der Waals surface area contributed by atoms with Crippen molar-refractivity contribution in [2.24, 2.45) is 7.05 Å². The molecule has 94 valence electrons. The number of nitrogen functional groups attached to an aromatic ring is 1. The monoisotopic (exact) mass is 235 g/mol. The number of aromatic nitrogens is 4. The summed E-state index contributed by atoms with van der Waals surface area (Å²) in [6.45, 7) is 5.25. The largest absolute Gasteiger partial charge is 0.369 e. The SMILES string of the molecule is CCCCn1c(N)nc2c(CCC)nn(C)c21. The number of unbranched alkanes of at least 4 members (excludes halogenated alkanes) is 1. The van der Waals surface area contributed by atoms with Gasteiger partial charge in [0.25, 0.3) is 0 Å². The van der Waals surface area contributed by atoms with Gasteiger partial charge in [0.1, 0.15) is 5.52 Å². The van der Waals surface area contributed by atoms with Gasteiger partial charge in [0, 0.05) is 13.6 Å². The predicted octanol–water partition coefficient (Wildman–Crippen LogP) is 2.10. The molecule has 0 aliphatic heterocycles. The second-order valence-corrected chi connectivity index (χ2v) is 4.47. The highest BCUT2D eigenvalue weighted by molar-refractivity contribution is 5.77. The number of imidazole rings is 1. The summed E-state index contributed by atoms with van der Waals surface area (Å²) in [4.78, 5) is 4.46. The summed E-state index contributed by atoms with van der Waals surface area (Å²) in [5.41, 5.74) is 9.08. The number of rotatable bonds is 5. The van der Waals surface area contributed by atoms with E-state index in [-0.39, 0.29) is 0 Å². The Morgan fingerprint density at radius 3 is 2.65 bits per heavy atom. The van der Waals surface area contributed by atoms with Gasteiger partial charge >= 0.3 is 0 Å². The van der Waals surface area contributed by atoms with Gasteiger partial charge in [-0.15, -0.1) is 0 Å². The zero-order chi connectivity index (χ0) is 12.4. The van der Waals surface area contributed by atoms with Crippen molar-refractivity contribution in [1.82, 2.24) is 19.3 Å². The van der Waals surface area contributed by atoms with Crippen LogP contribution in [0.1, 0.15) is 38.8 Å². The van der Waals surface area contributed by atoms with E-state index in [9.17, 15) is 0 Å². The molecule has 0 saturated carbocycles. The summed E-state index contributed by atoms with van der Waals surface area (Å²) in [5, 5.41) is 4.53. The average Bonchev–Trinajstić information content (AvgIpc) is 2.76. The van der Waals surface area contributed by atoms with Gasteiger partial charge in [0.05, 0.1) is 5.69 Å². The molecule has 0 amide bonds. The van der Waals surface area contributed by atoms with Crippen LogP contribution < -0.4 is 5.73 Å². The first-order chi connectivity index (χ1) is 8.19. The van der Waals surface area contributed by atoms with Crippen LogP contribution in [-0.2, 0) is 20.0 Å². The molecule has 5 nitrogen and oxygen atoms in total. The van der Waals surface area contributed by atoms with E-state index in [1.165, 1.54) is 0 Å². The molecule has 0 bridgehead atoms. The highest BCUT2D eigenvalue weighted by Gasteiger charge is 2.16. The van der Waals surface area contributed by atoms with Gasteiger partial charge in [-0.3, -0.25) is 9.25 Å². The Labute approximate surface area is 102 Å². The molecule has 0 atom stereocenters.